The summed E-state index contributed by atoms with van der Waals surface area (Å²) in [6.45, 7) is 3.72. The summed E-state index contributed by atoms with van der Waals surface area (Å²) in [5, 5.41) is 20.3. The van der Waals surface area contributed by atoms with E-state index in [9.17, 15) is 10.5 Å². The van der Waals surface area contributed by atoms with Crippen molar-refractivity contribution < 1.29 is 18.9 Å². The molecule has 308 valence electrons. The van der Waals surface area contributed by atoms with E-state index in [0.29, 0.717) is 11.1 Å². The van der Waals surface area contributed by atoms with Crippen molar-refractivity contribution in [2.75, 3.05) is 4.90 Å². The van der Waals surface area contributed by atoms with Gasteiger partial charge < -0.3 is 23.8 Å². The average Bonchev–Trinajstić information content (AvgIpc) is 4.27. The van der Waals surface area contributed by atoms with Gasteiger partial charge in [-0.15, -0.1) is 0 Å². The molecule has 0 radical (unpaired) electrons. The number of hydrogen-bond donors (Lipinski definition) is 0. The van der Waals surface area contributed by atoms with Gasteiger partial charge in [0.1, 0.15) is 23.7 Å². The van der Waals surface area contributed by atoms with Crippen LogP contribution in [-0.4, -0.2) is 38.2 Å². The molecule has 4 atom stereocenters. The average molecular weight is 840 g/mol. The molecule has 0 N–H and O–H groups in total. The quantitative estimate of drug-likeness (QED) is 0.108. The van der Waals surface area contributed by atoms with Gasteiger partial charge in [0.25, 0.3) is 0 Å². The highest BCUT2D eigenvalue weighted by atomic mass is 16.8. The lowest BCUT2D eigenvalue weighted by Gasteiger charge is -2.44. The van der Waals surface area contributed by atoms with Crippen LogP contribution in [0.5, 0.6) is 11.5 Å². The fourth-order valence-electron chi connectivity index (χ4n) is 9.82. The van der Waals surface area contributed by atoms with Gasteiger partial charge in [0, 0.05) is 17.1 Å². The van der Waals surface area contributed by atoms with E-state index in [2.05, 4.69) is 150 Å². The van der Waals surface area contributed by atoms with Crippen molar-refractivity contribution in [1.82, 2.24) is 0 Å². The Morgan fingerprint density at radius 3 is 1.23 bits per heavy atom. The second-order valence-corrected chi connectivity index (χ2v) is 17.3. The monoisotopic (exact) mass is 839 g/mol. The van der Waals surface area contributed by atoms with Gasteiger partial charge in [0.05, 0.1) is 23.3 Å². The van der Waals surface area contributed by atoms with E-state index < -0.39 is 0 Å². The SMILES string of the molecule is CC1OC1Oc1ccc(-c2ccc3c(c2)B(c2ccccc2)c2cc(-c4cc(C#N)cc(C#N)c4)cc4c2N3c2ccc(-c3ccc(OC5OC5C)cc3)cc2B4c2ccccc2)cc1. The molecule has 0 saturated carbocycles. The third-order valence-corrected chi connectivity index (χ3v) is 13.2. The number of benzene rings is 8. The second-order valence-electron chi connectivity index (χ2n) is 17.3. The van der Waals surface area contributed by atoms with Crippen LogP contribution in [0.4, 0.5) is 17.1 Å². The van der Waals surface area contributed by atoms with Crippen LogP contribution < -0.4 is 47.2 Å². The van der Waals surface area contributed by atoms with Gasteiger partial charge in [-0.25, -0.2) is 0 Å². The van der Waals surface area contributed by atoms with Crippen molar-refractivity contribution in [3.63, 3.8) is 0 Å². The molecule has 0 aliphatic carbocycles. The predicted octanol–water partition coefficient (Wildman–Crippen LogP) is 7.81. The molecule has 2 fully saturated rings. The molecule has 9 heteroatoms. The Balaban J connectivity index is 1.09. The summed E-state index contributed by atoms with van der Waals surface area (Å²) in [6.07, 6.45) is -0.190. The van der Waals surface area contributed by atoms with Crippen LogP contribution in [0.1, 0.15) is 25.0 Å². The first-order chi connectivity index (χ1) is 31.9. The molecule has 12 rings (SSSR count). The van der Waals surface area contributed by atoms with Crippen molar-refractivity contribution in [3.8, 4) is 57.0 Å². The molecule has 0 amide bonds. The molecule has 4 unspecified atom stereocenters. The number of hydrogen-bond acceptors (Lipinski definition) is 7. The van der Waals surface area contributed by atoms with Crippen LogP contribution in [0.2, 0.25) is 0 Å². The molecule has 0 bridgehead atoms. The highest BCUT2D eigenvalue weighted by Crippen LogP contribution is 2.41. The smallest absolute Gasteiger partial charge is 0.246 e. The molecule has 0 spiro atoms. The number of ether oxygens (including phenoxy) is 4. The third kappa shape index (κ3) is 6.94. The Labute approximate surface area is 378 Å². The van der Waals surface area contributed by atoms with Crippen LogP contribution in [0.15, 0.2) is 176 Å². The van der Waals surface area contributed by atoms with E-state index in [0.717, 1.165) is 72.9 Å². The maximum absolute atomic E-state index is 10.1. The van der Waals surface area contributed by atoms with Crippen LogP contribution in [0.25, 0.3) is 33.4 Å². The van der Waals surface area contributed by atoms with Gasteiger partial charge in [0.2, 0.25) is 26.0 Å². The Kier molecular flexibility index (Phi) is 9.24. The Morgan fingerprint density at radius 1 is 0.446 bits per heavy atom. The van der Waals surface area contributed by atoms with Crippen LogP contribution in [0, 0.1) is 22.7 Å². The molecule has 0 aromatic heterocycles. The van der Waals surface area contributed by atoms with Gasteiger partial charge >= 0.3 is 0 Å². The molecule has 8 aromatic rings. The fourth-order valence-corrected chi connectivity index (χ4v) is 9.82. The number of nitriles is 2. The normalized spacial score (nSPS) is 18.4. The van der Waals surface area contributed by atoms with Crippen molar-refractivity contribution in [2.24, 2.45) is 0 Å². The minimum atomic E-state index is -0.198. The summed E-state index contributed by atoms with van der Waals surface area (Å²) in [5.41, 5.74) is 17.4. The zero-order valence-electron chi connectivity index (χ0n) is 35.7. The second kappa shape index (κ2) is 15.5. The lowest BCUT2D eigenvalue weighted by molar-refractivity contribution is 0.178. The lowest BCUT2D eigenvalue weighted by Crippen LogP contribution is -2.65. The topological polar surface area (TPSA) is 94.3 Å². The summed E-state index contributed by atoms with van der Waals surface area (Å²) in [6, 6.07) is 66.4. The van der Waals surface area contributed by atoms with Crippen molar-refractivity contribution in [1.29, 1.82) is 10.5 Å². The molecular formula is C56H39B2N3O4. The highest BCUT2D eigenvalue weighted by Gasteiger charge is 2.44. The van der Waals surface area contributed by atoms with E-state index in [1.807, 2.05) is 50.2 Å². The molecular weight excluding hydrogens is 800 g/mol. The van der Waals surface area contributed by atoms with Crippen molar-refractivity contribution in [3.05, 3.63) is 187 Å². The van der Waals surface area contributed by atoms with Crippen molar-refractivity contribution in [2.45, 2.75) is 38.6 Å². The van der Waals surface area contributed by atoms with Gasteiger partial charge in [0.15, 0.2) is 0 Å². The molecule has 7 nitrogen and oxygen atoms in total. The zero-order valence-corrected chi connectivity index (χ0v) is 35.7. The van der Waals surface area contributed by atoms with Crippen LogP contribution in [-0.2, 0) is 9.47 Å². The summed E-state index contributed by atoms with van der Waals surface area (Å²) >= 11 is 0. The van der Waals surface area contributed by atoms with E-state index in [1.54, 1.807) is 6.07 Å². The number of anilines is 3. The van der Waals surface area contributed by atoms with Gasteiger partial charge in [-0.05, 0) is 124 Å². The predicted molar refractivity (Wildman–Crippen MR) is 259 cm³/mol. The Bertz CT molecular complexity index is 3050. The number of fused-ring (bicyclic) bond motifs is 4. The minimum absolute atomic E-state index is 0.102. The Hall–Kier alpha value is -7.81. The van der Waals surface area contributed by atoms with Gasteiger partial charge in [-0.1, -0.05) is 132 Å². The van der Waals surface area contributed by atoms with E-state index in [4.69, 9.17) is 18.9 Å². The maximum Gasteiger partial charge on any atom is 0.246 e. The maximum atomic E-state index is 10.1. The first-order valence-electron chi connectivity index (χ1n) is 22.1. The zero-order chi connectivity index (χ0) is 43.8. The van der Waals surface area contributed by atoms with E-state index >= 15 is 0 Å². The lowest BCUT2D eigenvalue weighted by atomic mass is 9.30. The largest absolute Gasteiger partial charge is 0.462 e. The molecule has 65 heavy (non-hydrogen) atoms. The molecule has 8 aromatic carbocycles. The molecule has 4 heterocycles. The number of rotatable bonds is 9. The van der Waals surface area contributed by atoms with Crippen molar-refractivity contribution >= 4 is 63.3 Å². The standard InChI is InChI=1S/C56H39B2N3O4/c1-34-55(62-34)64-46-19-13-38(14-20-46)40-17-23-52-48(28-40)57(44-9-5-3-6-10-44)50-30-43(42-26-36(32-59)25-37(27-42)33-60)31-51-54(50)61(52)53-24-18-41(29-49(53)58(51)45-11-7-4-8-12-45)39-15-21-47(22-16-39)65-56-35(2)63-56/h3-31,34-35,55-56H,1-2H3. The van der Waals surface area contributed by atoms with Crippen LogP contribution >= 0.6 is 0 Å². The van der Waals surface area contributed by atoms with E-state index in [-0.39, 0.29) is 38.2 Å². The summed E-state index contributed by atoms with van der Waals surface area (Å²) < 4.78 is 23.1. The molecule has 4 aliphatic heterocycles. The third-order valence-electron chi connectivity index (χ3n) is 13.2. The van der Waals surface area contributed by atoms with E-state index in [1.165, 1.54) is 21.9 Å². The van der Waals surface area contributed by atoms with Gasteiger partial charge in [-0.2, -0.15) is 10.5 Å². The number of epoxide rings is 2. The minimum Gasteiger partial charge on any atom is -0.462 e. The number of nitrogens with zero attached hydrogens (tertiary/aromatic N) is 3. The summed E-state index contributed by atoms with van der Waals surface area (Å²) in [4.78, 5) is 2.47. The molecule has 4 aliphatic rings. The Morgan fingerprint density at radius 2 is 0.831 bits per heavy atom. The first kappa shape index (κ1) is 38.8. The first-order valence-corrected chi connectivity index (χ1v) is 22.1. The summed E-state index contributed by atoms with van der Waals surface area (Å²) in [5.74, 6) is 1.56. The fraction of sp³-hybridized carbons (Fsp3) is 0.107. The molecule has 2 saturated heterocycles. The summed E-state index contributed by atoms with van der Waals surface area (Å²) in [7, 11) is 0. The highest BCUT2D eigenvalue weighted by molar-refractivity contribution is 7.02. The van der Waals surface area contributed by atoms with Crippen LogP contribution in [0.3, 0.4) is 0 Å². The van der Waals surface area contributed by atoms with Gasteiger partial charge in [-0.3, -0.25) is 0 Å².